The van der Waals surface area contributed by atoms with E-state index in [4.69, 9.17) is 32.9 Å². The van der Waals surface area contributed by atoms with Crippen molar-refractivity contribution >= 4 is 35.1 Å². The molecule has 2 amide bonds. The first-order valence-electron chi connectivity index (χ1n) is 14.8. The first-order chi connectivity index (χ1) is 19.9. The second kappa shape index (κ2) is 13.5. The molecule has 1 saturated heterocycles. The zero-order valence-electron chi connectivity index (χ0n) is 25.7. The van der Waals surface area contributed by atoms with Crippen LogP contribution in [0.4, 0.5) is 4.79 Å². The van der Waals surface area contributed by atoms with Crippen LogP contribution in [-0.4, -0.2) is 41.4 Å². The van der Waals surface area contributed by atoms with E-state index in [9.17, 15) is 4.79 Å². The summed E-state index contributed by atoms with van der Waals surface area (Å²) in [6.45, 7) is 14.9. The predicted molar refractivity (Wildman–Crippen MR) is 175 cm³/mol. The summed E-state index contributed by atoms with van der Waals surface area (Å²) in [4.78, 5) is 23.6. The molecular formula is C35H43Cl2N3O2. The quantitative estimate of drug-likeness (QED) is 0.198. The van der Waals surface area contributed by atoms with Crippen molar-refractivity contribution in [3.63, 3.8) is 0 Å². The number of aliphatic imine (C=N–C) groups is 1. The number of rotatable bonds is 7. The summed E-state index contributed by atoms with van der Waals surface area (Å²) in [7, 11) is 0. The molecule has 4 rings (SSSR count). The minimum atomic E-state index is -0.674. The van der Waals surface area contributed by atoms with Crippen LogP contribution in [0.15, 0.2) is 71.7 Å². The summed E-state index contributed by atoms with van der Waals surface area (Å²) in [5.74, 6) is 1.28. The van der Waals surface area contributed by atoms with Crippen LogP contribution in [-0.2, 0) is 17.5 Å². The average Bonchev–Trinajstić information content (AvgIpc) is 2.96. The van der Waals surface area contributed by atoms with Crippen molar-refractivity contribution < 1.29 is 9.53 Å². The van der Waals surface area contributed by atoms with Gasteiger partial charge in [0.1, 0.15) is 11.6 Å². The Kier molecular flexibility index (Phi) is 10.3. The number of ether oxygens (including phenoxy) is 1. The third-order valence-electron chi connectivity index (χ3n) is 7.69. The SMILES string of the molecule is CCOc1cc(C(C)(C)C)ccc1C(=NC(C)(C)c1ccc(Cl)cc1)N(Cc1ccc(Cl)cc1)C(=O)N1CCCCC1. The van der Waals surface area contributed by atoms with Gasteiger partial charge in [0, 0.05) is 23.1 Å². The fourth-order valence-corrected chi connectivity index (χ4v) is 5.41. The highest BCUT2D eigenvalue weighted by molar-refractivity contribution is 6.30. The van der Waals surface area contributed by atoms with Crippen molar-refractivity contribution in [3.8, 4) is 5.75 Å². The Morgan fingerprint density at radius 1 is 0.857 bits per heavy atom. The summed E-state index contributed by atoms with van der Waals surface area (Å²) in [5, 5.41) is 1.32. The number of nitrogens with zero attached hydrogens (tertiary/aromatic N) is 3. The number of halogens is 2. The third-order valence-corrected chi connectivity index (χ3v) is 8.20. The van der Waals surface area contributed by atoms with Crippen molar-refractivity contribution in [1.29, 1.82) is 0 Å². The van der Waals surface area contributed by atoms with Crippen molar-refractivity contribution in [3.05, 3.63) is 99.0 Å². The van der Waals surface area contributed by atoms with E-state index in [0.29, 0.717) is 34.8 Å². The smallest absolute Gasteiger partial charge is 0.325 e. The molecule has 5 nitrogen and oxygen atoms in total. The molecule has 7 heteroatoms. The Labute approximate surface area is 261 Å². The summed E-state index contributed by atoms with van der Waals surface area (Å²) in [5.41, 5.74) is 3.14. The van der Waals surface area contributed by atoms with Gasteiger partial charge in [-0.3, -0.25) is 9.89 Å². The molecule has 0 atom stereocenters. The highest BCUT2D eigenvalue weighted by Gasteiger charge is 2.32. The van der Waals surface area contributed by atoms with E-state index in [1.54, 1.807) is 0 Å². The molecule has 224 valence electrons. The van der Waals surface area contributed by atoms with E-state index in [1.807, 2.05) is 65.3 Å². The summed E-state index contributed by atoms with van der Waals surface area (Å²) < 4.78 is 6.26. The number of hydrogen-bond donors (Lipinski definition) is 0. The van der Waals surface area contributed by atoms with Crippen LogP contribution in [0.1, 0.15) is 83.1 Å². The molecule has 0 spiro atoms. The molecule has 0 N–H and O–H groups in total. The number of benzene rings is 3. The third kappa shape index (κ3) is 7.87. The molecule has 3 aromatic rings. The van der Waals surface area contributed by atoms with Crippen LogP contribution < -0.4 is 4.74 Å². The Morgan fingerprint density at radius 2 is 1.43 bits per heavy atom. The van der Waals surface area contributed by atoms with Gasteiger partial charge in [0.15, 0.2) is 0 Å². The van der Waals surface area contributed by atoms with Crippen molar-refractivity contribution in [1.82, 2.24) is 9.80 Å². The topological polar surface area (TPSA) is 45.1 Å². The van der Waals surface area contributed by atoms with Crippen LogP contribution in [0, 0.1) is 0 Å². The first kappa shape index (κ1) is 31.9. The second-order valence-electron chi connectivity index (χ2n) is 12.4. The molecule has 0 bridgehead atoms. The fourth-order valence-electron chi connectivity index (χ4n) is 5.16. The van der Waals surface area contributed by atoms with E-state index < -0.39 is 5.54 Å². The van der Waals surface area contributed by atoms with Crippen molar-refractivity contribution in [2.45, 2.75) is 78.3 Å². The molecule has 1 aliphatic heterocycles. The van der Waals surface area contributed by atoms with Crippen LogP contribution in [0.25, 0.3) is 0 Å². The molecule has 1 aliphatic rings. The van der Waals surface area contributed by atoms with Gasteiger partial charge in [-0.2, -0.15) is 0 Å². The van der Waals surface area contributed by atoms with E-state index in [0.717, 1.165) is 54.6 Å². The molecule has 3 aromatic carbocycles. The molecule has 0 aliphatic carbocycles. The van der Waals surface area contributed by atoms with E-state index in [2.05, 4.69) is 52.8 Å². The Morgan fingerprint density at radius 3 is 2.00 bits per heavy atom. The number of urea groups is 1. The van der Waals surface area contributed by atoms with Gasteiger partial charge in [-0.05, 0) is 98.5 Å². The van der Waals surface area contributed by atoms with Gasteiger partial charge in [-0.1, -0.05) is 74.3 Å². The van der Waals surface area contributed by atoms with E-state index in [-0.39, 0.29) is 11.4 Å². The molecule has 0 unspecified atom stereocenters. The maximum atomic E-state index is 14.4. The molecule has 42 heavy (non-hydrogen) atoms. The lowest BCUT2D eigenvalue weighted by Crippen LogP contribution is -2.48. The van der Waals surface area contributed by atoms with Gasteiger partial charge < -0.3 is 9.64 Å². The lowest BCUT2D eigenvalue weighted by atomic mass is 9.86. The number of likely N-dealkylation sites (tertiary alicyclic amines) is 1. The molecule has 0 aromatic heterocycles. The minimum absolute atomic E-state index is 0.0577. The lowest BCUT2D eigenvalue weighted by Gasteiger charge is -2.35. The molecule has 1 heterocycles. The summed E-state index contributed by atoms with van der Waals surface area (Å²) in [6, 6.07) is 21.6. The van der Waals surface area contributed by atoms with Gasteiger partial charge in [-0.25, -0.2) is 4.79 Å². The van der Waals surface area contributed by atoms with Crippen LogP contribution in [0.3, 0.4) is 0 Å². The number of piperidine rings is 1. The number of carbonyl (C=O) groups is 1. The minimum Gasteiger partial charge on any atom is -0.493 e. The van der Waals surface area contributed by atoms with E-state index in [1.165, 1.54) is 0 Å². The molecule has 1 fully saturated rings. The van der Waals surface area contributed by atoms with Crippen LogP contribution in [0.5, 0.6) is 5.75 Å². The molecule has 0 radical (unpaired) electrons. The summed E-state index contributed by atoms with van der Waals surface area (Å²) >= 11 is 12.5. The van der Waals surface area contributed by atoms with Crippen molar-refractivity contribution in [2.75, 3.05) is 19.7 Å². The van der Waals surface area contributed by atoms with Gasteiger partial charge in [0.25, 0.3) is 0 Å². The van der Waals surface area contributed by atoms with Gasteiger partial charge >= 0.3 is 6.03 Å². The Hall–Kier alpha value is -3.02. The van der Waals surface area contributed by atoms with Gasteiger partial charge in [-0.15, -0.1) is 0 Å². The number of carbonyl (C=O) groups excluding carboxylic acids is 1. The molecule has 0 saturated carbocycles. The van der Waals surface area contributed by atoms with Gasteiger partial charge in [0.05, 0.1) is 24.3 Å². The normalized spacial score (nSPS) is 14.6. The number of amidine groups is 1. The summed E-state index contributed by atoms with van der Waals surface area (Å²) in [6.07, 6.45) is 3.12. The fraction of sp³-hybridized carbons (Fsp3) is 0.429. The highest BCUT2D eigenvalue weighted by atomic mass is 35.5. The Balaban J connectivity index is 1.94. The zero-order chi connectivity index (χ0) is 30.5. The maximum Gasteiger partial charge on any atom is 0.325 e. The van der Waals surface area contributed by atoms with Gasteiger partial charge in [0.2, 0.25) is 0 Å². The zero-order valence-corrected chi connectivity index (χ0v) is 27.2. The maximum absolute atomic E-state index is 14.4. The highest BCUT2D eigenvalue weighted by Crippen LogP contribution is 2.34. The lowest BCUT2D eigenvalue weighted by molar-refractivity contribution is 0.162. The average molecular weight is 609 g/mol. The van der Waals surface area contributed by atoms with Crippen LogP contribution in [0.2, 0.25) is 10.0 Å². The van der Waals surface area contributed by atoms with Crippen molar-refractivity contribution in [2.24, 2.45) is 4.99 Å². The Bertz CT molecular complexity index is 1390. The number of hydrogen-bond acceptors (Lipinski definition) is 3. The second-order valence-corrected chi connectivity index (χ2v) is 13.3. The number of amides is 2. The first-order valence-corrected chi connectivity index (χ1v) is 15.6. The molecular weight excluding hydrogens is 565 g/mol. The van der Waals surface area contributed by atoms with E-state index >= 15 is 0 Å². The monoisotopic (exact) mass is 607 g/mol. The standard InChI is InChI=1S/C35H43Cl2N3O2/c1-7-42-31-23-27(34(2,3)4)15-20-30(31)32(38-35(5,6)26-13-18-29(37)19-14-26)40(24-25-11-16-28(36)17-12-25)33(41)39-21-9-8-10-22-39/h11-20,23H,7-10,21-22,24H2,1-6H3. The largest absolute Gasteiger partial charge is 0.493 e. The predicted octanol–water partition coefficient (Wildman–Crippen LogP) is 9.48. The van der Waals surface area contributed by atoms with Crippen LogP contribution >= 0.6 is 23.2 Å².